The Morgan fingerprint density at radius 2 is 1.97 bits per heavy atom. The number of likely N-dealkylation sites (N-methyl/N-ethyl adjacent to an activating group) is 1. The number of carbonyl (C=O) groups excluding carboxylic acids is 1. The molecule has 3 fully saturated rings. The highest BCUT2D eigenvalue weighted by Crippen LogP contribution is 2.36. The molecule has 1 saturated carbocycles. The highest BCUT2D eigenvalue weighted by molar-refractivity contribution is 7.86. The summed E-state index contributed by atoms with van der Waals surface area (Å²) in [6, 6.07) is -0.554. The molecular formula is C17H29BN4O9S. The van der Waals surface area contributed by atoms with Crippen molar-refractivity contribution in [2.24, 2.45) is 22.8 Å². The SMILES string of the molecule is CN(C1CC1N)S(=O)(=O)N1C[C@H](CCCB2OCC(C)(C(=O)O)C(=O)O2)[C@](N)(C(=O)O)C1. The lowest BCUT2D eigenvalue weighted by Crippen LogP contribution is -2.55. The largest absolute Gasteiger partial charge is 0.527 e. The van der Waals surface area contributed by atoms with Crippen LogP contribution in [0.3, 0.4) is 0 Å². The molecule has 3 aliphatic rings. The van der Waals surface area contributed by atoms with Crippen LogP contribution in [0.5, 0.6) is 0 Å². The number of hydrogen-bond acceptors (Lipinski definition) is 9. The zero-order chi connectivity index (χ0) is 24.1. The summed E-state index contributed by atoms with van der Waals surface area (Å²) >= 11 is 0. The summed E-state index contributed by atoms with van der Waals surface area (Å²) in [6.07, 6.45) is 1.31. The second kappa shape index (κ2) is 8.54. The van der Waals surface area contributed by atoms with E-state index >= 15 is 0 Å². The van der Waals surface area contributed by atoms with E-state index in [1.54, 1.807) is 0 Å². The number of rotatable bonds is 9. The monoisotopic (exact) mass is 476 g/mol. The molecular weight excluding hydrogens is 447 g/mol. The van der Waals surface area contributed by atoms with E-state index in [4.69, 9.17) is 25.9 Å². The Hall–Kier alpha value is -1.78. The fourth-order valence-corrected chi connectivity index (χ4v) is 5.75. The average molecular weight is 476 g/mol. The molecule has 2 saturated heterocycles. The fourth-order valence-electron chi connectivity index (χ4n) is 4.06. The summed E-state index contributed by atoms with van der Waals surface area (Å²) in [5.74, 6) is -4.23. The highest BCUT2D eigenvalue weighted by Gasteiger charge is 2.55. The Balaban J connectivity index is 1.60. The normalized spacial score (nSPS) is 35.7. The van der Waals surface area contributed by atoms with Crippen molar-refractivity contribution in [1.29, 1.82) is 0 Å². The van der Waals surface area contributed by atoms with Crippen LogP contribution in [0.1, 0.15) is 26.2 Å². The molecule has 15 heteroatoms. The molecule has 0 radical (unpaired) electrons. The Morgan fingerprint density at radius 1 is 1.34 bits per heavy atom. The summed E-state index contributed by atoms with van der Waals surface area (Å²) in [5, 5.41) is 18.8. The number of nitrogens with zero attached hydrogens (tertiary/aromatic N) is 2. The van der Waals surface area contributed by atoms with Gasteiger partial charge < -0.3 is 31.0 Å². The number of carboxylic acid groups (broad SMARTS) is 2. The third kappa shape index (κ3) is 4.37. The second-order valence-corrected chi connectivity index (χ2v) is 11.0. The lowest BCUT2D eigenvalue weighted by atomic mass is 9.75. The van der Waals surface area contributed by atoms with Crippen LogP contribution in [0.4, 0.5) is 0 Å². The molecule has 2 heterocycles. The first-order valence-electron chi connectivity index (χ1n) is 10.3. The van der Waals surface area contributed by atoms with Gasteiger partial charge in [0, 0.05) is 38.1 Å². The van der Waals surface area contributed by atoms with E-state index in [-0.39, 0.29) is 44.5 Å². The predicted molar refractivity (Wildman–Crippen MR) is 110 cm³/mol. The molecule has 0 amide bonds. The molecule has 0 bridgehead atoms. The van der Waals surface area contributed by atoms with Gasteiger partial charge in [0.1, 0.15) is 5.54 Å². The van der Waals surface area contributed by atoms with Crippen LogP contribution in [0.2, 0.25) is 6.32 Å². The van der Waals surface area contributed by atoms with Gasteiger partial charge in [-0.3, -0.25) is 14.4 Å². The van der Waals surface area contributed by atoms with Crippen LogP contribution < -0.4 is 11.5 Å². The summed E-state index contributed by atoms with van der Waals surface area (Å²) < 4.78 is 38.5. The van der Waals surface area contributed by atoms with Gasteiger partial charge in [0.15, 0.2) is 5.41 Å². The van der Waals surface area contributed by atoms with Gasteiger partial charge in [-0.2, -0.15) is 17.0 Å². The van der Waals surface area contributed by atoms with Crippen molar-refractivity contribution in [2.45, 2.75) is 50.1 Å². The van der Waals surface area contributed by atoms with E-state index in [0.29, 0.717) is 12.8 Å². The van der Waals surface area contributed by atoms with Crippen molar-refractivity contribution in [3.8, 4) is 0 Å². The molecule has 32 heavy (non-hydrogen) atoms. The number of carboxylic acids is 2. The van der Waals surface area contributed by atoms with Gasteiger partial charge in [-0.05, 0) is 26.1 Å². The van der Waals surface area contributed by atoms with Crippen molar-refractivity contribution in [2.75, 3.05) is 26.7 Å². The van der Waals surface area contributed by atoms with E-state index < -0.39 is 52.1 Å². The first kappa shape index (κ1) is 24.9. The van der Waals surface area contributed by atoms with E-state index in [9.17, 15) is 27.9 Å². The summed E-state index contributed by atoms with van der Waals surface area (Å²) in [6.45, 7) is 0.433. The van der Waals surface area contributed by atoms with Gasteiger partial charge >= 0.3 is 25.0 Å². The van der Waals surface area contributed by atoms with Crippen LogP contribution in [-0.2, 0) is 33.9 Å². The number of nitrogens with two attached hydrogens (primary N) is 2. The predicted octanol–water partition coefficient (Wildman–Crippen LogP) is -2.09. The lowest BCUT2D eigenvalue weighted by molar-refractivity contribution is -0.169. The maximum atomic E-state index is 12.9. The zero-order valence-electron chi connectivity index (χ0n) is 18.0. The molecule has 3 unspecified atom stereocenters. The van der Waals surface area contributed by atoms with Crippen molar-refractivity contribution >= 4 is 35.2 Å². The van der Waals surface area contributed by atoms with Crippen molar-refractivity contribution in [1.82, 2.24) is 8.61 Å². The topological polar surface area (TPSA) is 203 Å². The van der Waals surface area contributed by atoms with Crippen molar-refractivity contribution in [3.05, 3.63) is 0 Å². The third-order valence-corrected chi connectivity index (χ3v) is 8.59. The van der Waals surface area contributed by atoms with Crippen LogP contribution in [0.25, 0.3) is 0 Å². The number of aliphatic carboxylic acids is 2. The summed E-state index contributed by atoms with van der Waals surface area (Å²) in [7, 11) is -3.47. The fraction of sp³-hybridized carbons (Fsp3) is 0.824. The maximum Gasteiger partial charge on any atom is 0.527 e. The Labute approximate surface area is 186 Å². The van der Waals surface area contributed by atoms with Gasteiger partial charge in [0.2, 0.25) is 0 Å². The van der Waals surface area contributed by atoms with E-state index in [2.05, 4.69) is 0 Å². The molecule has 0 spiro atoms. The molecule has 0 aromatic heterocycles. The van der Waals surface area contributed by atoms with E-state index in [1.165, 1.54) is 14.0 Å². The molecule has 180 valence electrons. The zero-order valence-corrected chi connectivity index (χ0v) is 18.8. The third-order valence-electron chi connectivity index (χ3n) is 6.66. The van der Waals surface area contributed by atoms with E-state index in [1.807, 2.05) is 0 Å². The van der Waals surface area contributed by atoms with Gasteiger partial charge in [-0.25, -0.2) is 0 Å². The van der Waals surface area contributed by atoms with Gasteiger partial charge in [0.25, 0.3) is 10.2 Å². The molecule has 13 nitrogen and oxygen atoms in total. The highest BCUT2D eigenvalue weighted by atomic mass is 32.2. The summed E-state index contributed by atoms with van der Waals surface area (Å²) in [5.41, 5.74) is 8.33. The van der Waals surface area contributed by atoms with Crippen LogP contribution >= 0.6 is 0 Å². The Morgan fingerprint density at radius 3 is 2.47 bits per heavy atom. The molecule has 1 aliphatic carbocycles. The smallest absolute Gasteiger partial charge is 0.509 e. The van der Waals surface area contributed by atoms with Crippen molar-refractivity contribution < 1.29 is 42.3 Å². The number of hydrogen-bond donors (Lipinski definition) is 4. The molecule has 2 aliphatic heterocycles. The molecule has 3 rings (SSSR count). The maximum absolute atomic E-state index is 12.9. The lowest BCUT2D eigenvalue weighted by Gasteiger charge is -2.31. The van der Waals surface area contributed by atoms with Crippen LogP contribution in [-0.4, -0.2) is 96.6 Å². The number of carbonyl (C=O) groups is 3. The van der Waals surface area contributed by atoms with Crippen molar-refractivity contribution in [3.63, 3.8) is 0 Å². The minimum Gasteiger partial charge on any atom is -0.509 e. The van der Waals surface area contributed by atoms with Crippen LogP contribution in [0, 0.1) is 11.3 Å². The second-order valence-electron chi connectivity index (χ2n) is 9.04. The molecule has 6 N–H and O–H groups in total. The molecule has 0 aromatic carbocycles. The quantitative estimate of drug-likeness (QED) is 0.210. The Kier molecular flexibility index (Phi) is 6.63. The first-order valence-corrected chi connectivity index (χ1v) is 11.7. The van der Waals surface area contributed by atoms with Gasteiger partial charge in [-0.1, -0.05) is 6.42 Å². The average Bonchev–Trinajstić information content (AvgIpc) is 3.33. The minimum absolute atomic E-state index is 0.0696. The Bertz CT molecular complexity index is 904. The minimum atomic E-state index is -3.93. The summed E-state index contributed by atoms with van der Waals surface area (Å²) in [4.78, 5) is 35.1. The standard InChI is InChI=1S/C17H29BN4O9S/c1-16(13(23)24)9-30-18(31-15(16)27)5-3-4-10-7-22(8-17(10,20)14(25)26)32(28,29)21(2)12-6-11(12)19/h10-12H,3-9,19-20H2,1-2H3,(H,23,24)(H,25,26)/t10-,11?,12?,16?,17-/m0/s1. The first-order chi connectivity index (χ1) is 14.7. The van der Waals surface area contributed by atoms with Crippen LogP contribution in [0.15, 0.2) is 0 Å². The van der Waals surface area contributed by atoms with Gasteiger partial charge in [-0.15, -0.1) is 0 Å². The van der Waals surface area contributed by atoms with E-state index in [0.717, 1.165) is 8.61 Å². The van der Waals surface area contributed by atoms with Gasteiger partial charge in [0.05, 0.1) is 6.61 Å². The molecule has 5 atom stereocenters. The molecule has 0 aromatic rings.